The number of para-hydroxylation sites is 1. The lowest BCUT2D eigenvalue weighted by molar-refractivity contribution is -0.117. The minimum Gasteiger partial charge on any atom is -0.496 e. The van der Waals surface area contributed by atoms with E-state index in [0.29, 0.717) is 22.7 Å². The lowest BCUT2D eigenvalue weighted by Gasteiger charge is -2.13. The average molecular weight is 413 g/mol. The zero-order valence-electron chi connectivity index (χ0n) is 17.7. The third-order valence-corrected chi connectivity index (χ3v) is 5.37. The first-order valence-electron chi connectivity index (χ1n) is 10.00. The number of aryl methyl sites for hydroxylation is 1. The summed E-state index contributed by atoms with van der Waals surface area (Å²) >= 11 is 0. The molecule has 0 aliphatic heterocycles. The van der Waals surface area contributed by atoms with Crippen molar-refractivity contribution in [1.82, 2.24) is 15.1 Å². The minimum atomic E-state index is -0.672. The number of methoxy groups -OCH3 is 1. The molecule has 0 unspecified atom stereocenters. The molecule has 1 aromatic heterocycles. The normalized spacial score (nSPS) is 10.8. The highest BCUT2D eigenvalue weighted by molar-refractivity contribution is 6.43. The summed E-state index contributed by atoms with van der Waals surface area (Å²) in [6.45, 7) is 3.71. The quantitative estimate of drug-likeness (QED) is 0.381. The highest BCUT2D eigenvalue weighted by Crippen LogP contribution is 2.28. The highest BCUT2D eigenvalue weighted by atomic mass is 16.5. The largest absolute Gasteiger partial charge is 0.496 e. The predicted octanol–water partition coefficient (Wildman–Crippen LogP) is 4.15. The molecule has 0 atom stereocenters. The summed E-state index contributed by atoms with van der Waals surface area (Å²) < 4.78 is 7.16. The summed E-state index contributed by atoms with van der Waals surface area (Å²) in [6.07, 6.45) is 0. The van der Waals surface area contributed by atoms with Gasteiger partial charge in [-0.25, -0.2) is 4.68 Å². The molecule has 6 nitrogen and oxygen atoms in total. The van der Waals surface area contributed by atoms with Crippen LogP contribution in [0.2, 0.25) is 0 Å². The van der Waals surface area contributed by atoms with Crippen molar-refractivity contribution in [3.05, 3.63) is 89.2 Å². The molecule has 0 aliphatic rings. The number of carbonyl (C=O) groups is 2. The smallest absolute Gasteiger partial charge is 0.292 e. The molecule has 0 aliphatic carbocycles. The summed E-state index contributed by atoms with van der Waals surface area (Å²) in [5.41, 5.74) is 3.14. The van der Waals surface area contributed by atoms with Crippen molar-refractivity contribution in [3.8, 4) is 11.4 Å². The van der Waals surface area contributed by atoms with Crippen molar-refractivity contribution in [2.45, 2.75) is 20.4 Å². The van der Waals surface area contributed by atoms with Gasteiger partial charge in [0.25, 0.3) is 11.7 Å². The first-order valence-corrected chi connectivity index (χ1v) is 10.00. The molecule has 4 aromatic rings. The summed E-state index contributed by atoms with van der Waals surface area (Å²) in [4.78, 5) is 25.7. The SMILES string of the molecule is COc1ccc2ccccc2c1CNC(=O)C(=O)c1c(C)nn(-c2ccccc2)c1C. The molecular weight excluding hydrogens is 390 g/mol. The van der Waals surface area contributed by atoms with Crippen molar-refractivity contribution in [1.29, 1.82) is 0 Å². The number of benzene rings is 3. The number of nitrogens with one attached hydrogen (secondary N) is 1. The number of amides is 1. The van der Waals surface area contributed by atoms with Gasteiger partial charge in [-0.15, -0.1) is 0 Å². The Morgan fingerprint density at radius 1 is 0.968 bits per heavy atom. The van der Waals surface area contributed by atoms with Crippen LogP contribution in [0, 0.1) is 13.8 Å². The number of aromatic nitrogens is 2. The van der Waals surface area contributed by atoms with Crippen LogP contribution in [0.1, 0.15) is 27.3 Å². The van der Waals surface area contributed by atoms with E-state index in [4.69, 9.17) is 4.74 Å². The Morgan fingerprint density at radius 2 is 1.68 bits per heavy atom. The molecular formula is C25H23N3O3. The van der Waals surface area contributed by atoms with E-state index in [1.807, 2.05) is 66.7 Å². The van der Waals surface area contributed by atoms with Crippen molar-refractivity contribution >= 4 is 22.5 Å². The maximum atomic E-state index is 13.0. The maximum absolute atomic E-state index is 13.0. The van der Waals surface area contributed by atoms with E-state index < -0.39 is 11.7 Å². The fourth-order valence-electron chi connectivity index (χ4n) is 3.84. The Bertz CT molecular complexity index is 1280. The van der Waals surface area contributed by atoms with E-state index >= 15 is 0 Å². The van der Waals surface area contributed by atoms with E-state index in [1.165, 1.54) is 0 Å². The van der Waals surface area contributed by atoms with Crippen molar-refractivity contribution in [2.24, 2.45) is 0 Å². The molecule has 6 heteroatoms. The van der Waals surface area contributed by atoms with E-state index in [-0.39, 0.29) is 6.54 Å². The van der Waals surface area contributed by atoms with Gasteiger partial charge in [-0.3, -0.25) is 9.59 Å². The van der Waals surface area contributed by atoms with Crippen molar-refractivity contribution in [2.75, 3.05) is 7.11 Å². The second-order valence-electron chi connectivity index (χ2n) is 7.27. The molecule has 3 aromatic carbocycles. The molecule has 0 saturated carbocycles. The van der Waals surface area contributed by atoms with E-state index in [9.17, 15) is 9.59 Å². The van der Waals surface area contributed by atoms with Crippen molar-refractivity contribution < 1.29 is 14.3 Å². The molecule has 0 fully saturated rings. The number of hydrogen-bond donors (Lipinski definition) is 1. The molecule has 31 heavy (non-hydrogen) atoms. The van der Waals surface area contributed by atoms with Crippen LogP contribution < -0.4 is 10.1 Å². The molecule has 0 saturated heterocycles. The number of carbonyl (C=O) groups excluding carboxylic acids is 2. The van der Waals surface area contributed by atoms with Crippen LogP contribution in [-0.4, -0.2) is 28.6 Å². The van der Waals surface area contributed by atoms with Gasteiger partial charge in [0.15, 0.2) is 0 Å². The van der Waals surface area contributed by atoms with Gasteiger partial charge in [0.1, 0.15) is 5.75 Å². The van der Waals surface area contributed by atoms with Gasteiger partial charge < -0.3 is 10.1 Å². The zero-order chi connectivity index (χ0) is 22.0. The molecule has 0 bridgehead atoms. The number of hydrogen-bond acceptors (Lipinski definition) is 4. The Balaban J connectivity index is 1.59. The monoisotopic (exact) mass is 413 g/mol. The lowest BCUT2D eigenvalue weighted by Crippen LogP contribution is -2.31. The van der Waals surface area contributed by atoms with Crippen LogP contribution in [0.25, 0.3) is 16.5 Å². The molecule has 156 valence electrons. The lowest BCUT2D eigenvalue weighted by atomic mass is 10.0. The topological polar surface area (TPSA) is 73.2 Å². The first-order chi connectivity index (χ1) is 15.0. The number of nitrogens with zero attached hydrogens (tertiary/aromatic N) is 2. The third-order valence-electron chi connectivity index (χ3n) is 5.37. The predicted molar refractivity (Wildman–Crippen MR) is 120 cm³/mol. The van der Waals surface area contributed by atoms with Crippen molar-refractivity contribution in [3.63, 3.8) is 0 Å². The zero-order valence-corrected chi connectivity index (χ0v) is 17.7. The average Bonchev–Trinajstić information content (AvgIpc) is 3.10. The van der Waals surface area contributed by atoms with E-state index in [2.05, 4.69) is 10.4 Å². The Morgan fingerprint density at radius 3 is 2.42 bits per heavy atom. The fourth-order valence-corrected chi connectivity index (χ4v) is 3.84. The second kappa shape index (κ2) is 8.44. The van der Waals surface area contributed by atoms with Gasteiger partial charge in [-0.2, -0.15) is 5.10 Å². The number of rotatable bonds is 6. The molecule has 0 radical (unpaired) electrons. The fraction of sp³-hybridized carbons (Fsp3) is 0.160. The van der Waals surface area contributed by atoms with Gasteiger partial charge in [0.05, 0.1) is 29.7 Å². The summed E-state index contributed by atoms with van der Waals surface area (Å²) in [5, 5.41) is 9.24. The van der Waals surface area contributed by atoms with Crippen LogP contribution >= 0.6 is 0 Å². The van der Waals surface area contributed by atoms with Gasteiger partial charge in [0, 0.05) is 12.1 Å². The summed E-state index contributed by atoms with van der Waals surface area (Å²) in [7, 11) is 1.59. The van der Waals surface area contributed by atoms with Crippen LogP contribution in [0.3, 0.4) is 0 Å². The molecule has 1 amide bonds. The standard InChI is InChI=1S/C25H23N3O3/c1-16-23(17(2)28(27-16)19-10-5-4-6-11-19)24(29)25(30)26-15-21-20-12-8-7-9-18(20)13-14-22(21)31-3/h4-14H,15H2,1-3H3,(H,26,30). The third kappa shape index (κ3) is 3.80. The van der Waals surface area contributed by atoms with Gasteiger partial charge in [-0.1, -0.05) is 48.5 Å². The van der Waals surface area contributed by atoms with Crippen LogP contribution in [-0.2, 0) is 11.3 Å². The minimum absolute atomic E-state index is 0.181. The molecule has 4 rings (SSSR count). The van der Waals surface area contributed by atoms with E-state index in [1.54, 1.807) is 25.6 Å². The van der Waals surface area contributed by atoms with Gasteiger partial charge >= 0.3 is 0 Å². The van der Waals surface area contributed by atoms with Gasteiger partial charge in [-0.05, 0) is 42.8 Å². The Kier molecular flexibility index (Phi) is 5.54. The molecule has 1 N–H and O–H groups in total. The number of Topliss-reactive ketones (excluding diaryl/α,β-unsaturated/α-hetero) is 1. The Hall–Kier alpha value is -3.93. The van der Waals surface area contributed by atoms with E-state index in [0.717, 1.165) is 22.0 Å². The maximum Gasteiger partial charge on any atom is 0.292 e. The highest BCUT2D eigenvalue weighted by Gasteiger charge is 2.25. The summed E-state index contributed by atoms with van der Waals surface area (Å²) in [6, 6.07) is 21.2. The first kappa shape index (κ1) is 20.3. The second-order valence-corrected chi connectivity index (χ2v) is 7.27. The number of fused-ring (bicyclic) bond motifs is 1. The van der Waals surface area contributed by atoms with Crippen LogP contribution in [0.4, 0.5) is 0 Å². The van der Waals surface area contributed by atoms with Crippen LogP contribution in [0.15, 0.2) is 66.7 Å². The number of ether oxygens (including phenoxy) is 1. The Labute approximate surface area is 180 Å². The number of ketones is 1. The van der Waals surface area contributed by atoms with Gasteiger partial charge in [0.2, 0.25) is 0 Å². The summed E-state index contributed by atoms with van der Waals surface area (Å²) in [5.74, 6) is -0.610. The van der Waals surface area contributed by atoms with Crippen LogP contribution in [0.5, 0.6) is 5.75 Å². The molecule has 1 heterocycles. The molecule has 0 spiro atoms.